The lowest BCUT2D eigenvalue weighted by Crippen LogP contribution is -2.17. The topological polar surface area (TPSA) is 59.3 Å². The van der Waals surface area contributed by atoms with Gasteiger partial charge in [0.05, 0.1) is 4.91 Å². The molecule has 1 aliphatic carbocycles. The first-order chi connectivity index (χ1) is 8.13. The standard InChI is InChI=1S/C12H11NO3S/c1-6-4-8(6)9-3-2-7(16-9)5-10-11(14)13-12(15)17-10/h2-3,5-6,8H,4H2,1H3,(H,13,14,15)/b10-5-. The Bertz CT molecular complexity index is 532. The number of carbonyl (C=O) groups excluding carboxylic acids is 2. The second-order valence-corrected chi connectivity index (χ2v) is 5.43. The van der Waals surface area contributed by atoms with E-state index in [9.17, 15) is 9.59 Å². The molecule has 2 heterocycles. The minimum atomic E-state index is -0.349. The van der Waals surface area contributed by atoms with Crippen LogP contribution < -0.4 is 5.32 Å². The first-order valence-electron chi connectivity index (χ1n) is 5.48. The van der Waals surface area contributed by atoms with Crippen molar-refractivity contribution in [2.75, 3.05) is 0 Å². The van der Waals surface area contributed by atoms with Gasteiger partial charge in [0.2, 0.25) is 0 Å². The molecular weight excluding hydrogens is 238 g/mol. The number of nitrogens with one attached hydrogen (secondary N) is 1. The monoisotopic (exact) mass is 249 g/mol. The Labute approximate surface area is 102 Å². The molecule has 3 rings (SSSR count). The van der Waals surface area contributed by atoms with Gasteiger partial charge >= 0.3 is 0 Å². The van der Waals surface area contributed by atoms with Crippen molar-refractivity contribution in [2.24, 2.45) is 5.92 Å². The van der Waals surface area contributed by atoms with Gasteiger partial charge in [0.25, 0.3) is 11.1 Å². The minimum absolute atomic E-state index is 0.330. The predicted octanol–water partition coefficient (Wildman–Crippen LogP) is 2.73. The van der Waals surface area contributed by atoms with E-state index in [1.165, 1.54) is 0 Å². The molecule has 2 fully saturated rings. The molecule has 1 aromatic heterocycles. The zero-order valence-electron chi connectivity index (χ0n) is 9.23. The molecule has 0 bridgehead atoms. The largest absolute Gasteiger partial charge is 0.461 e. The summed E-state index contributed by atoms with van der Waals surface area (Å²) >= 11 is 0.904. The van der Waals surface area contributed by atoms with E-state index in [2.05, 4.69) is 12.2 Å². The molecule has 2 amide bonds. The summed E-state index contributed by atoms with van der Waals surface area (Å²) in [5.74, 6) is 2.46. The van der Waals surface area contributed by atoms with Crippen molar-refractivity contribution in [3.63, 3.8) is 0 Å². The summed E-state index contributed by atoms with van der Waals surface area (Å²) in [5, 5.41) is 1.88. The molecule has 1 N–H and O–H groups in total. The van der Waals surface area contributed by atoms with Crippen molar-refractivity contribution in [3.8, 4) is 0 Å². The minimum Gasteiger partial charge on any atom is -0.461 e. The number of hydrogen-bond donors (Lipinski definition) is 1. The smallest absolute Gasteiger partial charge is 0.290 e. The maximum absolute atomic E-state index is 11.3. The Hall–Kier alpha value is -1.49. The van der Waals surface area contributed by atoms with Gasteiger partial charge in [0, 0.05) is 12.0 Å². The molecule has 88 valence electrons. The van der Waals surface area contributed by atoms with Crippen LogP contribution in [0.2, 0.25) is 0 Å². The van der Waals surface area contributed by atoms with E-state index in [1.54, 1.807) is 6.08 Å². The molecule has 17 heavy (non-hydrogen) atoms. The fraction of sp³-hybridized carbons (Fsp3) is 0.333. The molecule has 1 saturated heterocycles. The van der Waals surface area contributed by atoms with Crippen LogP contribution in [0.1, 0.15) is 30.8 Å². The third-order valence-corrected chi connectivity index (χ3v) is 3.85. The maximum atomic E-state index is 11.3. The second kappa shape index (κ2) is 3.77. The highest BCUT2D eigenvalue weighted by Crippen LogP contribution is 2.47. The van der Waals surface area contributed by atoms with E-state index in [1.807, 2.05) is 12.1 Å². The number of furan rings is 1. The summed E-state index contributed by atoms with van der Waals surface area (Å²) in [7, 11) is 0. The van der Waals surface area contributed by atoms with Crippen LogP contribution in [0.3, 0.4) is 0 Å². The summed E-state index contributed by atoms with van der Waals surface area (Å²) in [5.41, 5.74) is 0. The Morgan fingerprint density at radius 2 is 2.24 bits per heavy atom. The van der Waals surface area contributed by atoms with Crippen molar-refractivity contribution in [1.82, 2.24) is 5.32 Å². The van der Waals surface area contributed by atoms with Gasteiger partial charge in [-0.3, -0.25) is 14.9 Å². The van der Waals surface area contributed by atoms with Crippen LogP contribution >= 0.6 is 11.8 Å². The fourth-order valence-corrected chi connectivity index (χ4v) is 2.58. The van der Waals surface area contributed by atoms with Gasteiger partial charge in [-0.05, 0) is 36.2 Å². The molecule has 1 aromatic rings. The Kier molecular flexibility index (Phi) is 2.36. The summed E-state index contributed by atoms with van der Waals surface area (Å²) in [6, 6.07) is 3.78. The summed E-state index contributed by atoms with van der Waals surface area (Å²) in [4.78, 5) is 22.7. The first kappa shape index (κ1) is 10.7. The number of imide groups is 1. The molecule has 4 nitrogen and oxygen atoms in total. The molecule has 2 atom stereocenters. The highest BCUT2D eigenvalue weighted by atomic mass is 32.2. The highest BCUT2D eigenvalue weighted by molar-refractivity contribution is 8.18. The van der Waals surface area contributed by atoms with E-state index in [4.69, 9.17) is 4.42 Å². The summed E-state index contributed by atoms with van der Waals surface area (Å²) in [6.07, 6.45) is 2.78. The number of thioether (sulfide) groups is 1. The van der Waals surface area contributed by atoms with E-state index in [-0.39, 0.29) is 11.1 Å². The number of carbonyl (C=O) groups is 2. The highest BCUT2D eigenvalue weighted by Gasteiger charge is 2.36. The molecule has 0 aromatic carbocycles. The lowest BCUT2D eigenvalue weighted by Gasteiger charge is -1.91. The van der Waals surface area contributed by atoms with Gasteiger partial charge in [-0.15, -0.1) is 0 Å². The van der Waals surface area contributed by atoms with Crippen LogP contribution in [-0.2, 0) is 4.79 Å². The van der Waals surface area contributed by atoms with Crippen molar-refractivity contribution in [1.29, 1.82) is 0 Å². The van der Waals surface area contributed by atoms with Crippen LogP contribution in [0, 0.1) is 5.92 Å². The van der Waals surface area contributed by atoms with Crippen molar-refractivity contribution >= 4 is 29.0 Å². The first-order valence-corrected chi connectivity index (χ1v) is 6.30. The van der Waals surface area contributed by atoms with Gasteiger partial charge in [-0.2, -0.15) is 0 Å². The van der Waals surface area contributed by atoms with E-state index < -0.39 is 0 Å². The van der Waals surface area contributed by atoms with Crippen LogP contribution in [0.25, 0.3) is 6.08 Å². The number of rotatable bonds is 2. The molecule has 0 spiro atoms. The normalized spacial score (nSPS) is 29.8. The average Bonchev–Trinajstić information content (AvgIpc) is 2.71. The van der Waals surface area contributed by atoms with Gasteiger partial charge in [0.1, 0.15) is 11.5 Å². The van der Waals surface area contributed by atoms with Gasteiger partial charge in [-0.25, -0.2) is 0 Å². The molecule has 1 aliphatic heterocycles. The van der Waals surface area contributed by atoms with Crippen LogP contribution in [0.5, 0.6) is 0 Å². The SMILES string of the molecule is CC1CC1c1ccc(/C=C2\SC(=O)NC2=O)o1. The lowest BCUT2D eigenvalue weighted by atomic mass is 10.3. The zero-order valence-corrected chi connectivity index (χ0v) is 10.0. The van der Waals surface area contributed by atoms with Gasteiger partial charge in [0.15, 0.2) is 0 Å². The van der Waals surface area contributed by atoms with Crippen molar-refractivity contribution in [3.05, 3.63) is 28.6 Å². The molecule has 2 unspecified atom stereocenters. The van der Waals surface area contributed by atoms with Gasteiger partial charge < -0.3 is 4.42 Å². The van der Waals surface area contributed by atoms with Crippen molar-refractivity contribution in [2.45, 2.75) is 19.3 Å². The lowest BCUT2D eigenvalue weighted by molar-refractivity contribution is -0.115. The second-order valence-electron chi connectivity index (χ2n) is 4.41. The number of amides is 2. The average molecular weight is 249 g/mol. The van der Waals surface area contributed by atoms with Crippen LogP contribution in [0.15, 0.2) is 21.5 Å². The molecule has 1 saturated carbocycles. The molecule has 5 heteroatoms. The van der Waals surface area contributed by atoms with Crippen LogP contribution in [0.4, 0.5) is 4.79 Å². The summed E-state index contributed by atoms with van der Waals surface area (Å²) in [6.45, 7) is 2.18. The summed E-state index contributed by atoms with van der Waals surface area (Å²) < 4.78 is 5.64. The third-order valence-electron chi connectivity index (χ3n) is 3.04. The van der Waals surface area contributed by atoms with E-state index in [0.717, 1.165) is 23.9 Å². The zero-order chi connectivity index (χ0) is 12.0. The quantitative estimate of drug-likeness (QED) is 0.819. The van der Waals surface area contributed by atoms with Crippen molar-refractivity contribution < 1.29 is 14.0 Å². The molecule has 2 aliphatic rings. The predicted molar refractivity (Wildman–Crippen MR) is 64.3 cm³/mol. The third kappa shape index (κ3) is 2.02. The van der Waals surface area contributed by atoms with Gasteiger partial charge in [-0.1, -0.05) is 6.92 Å². The molecular formula is C12H11NO3S. The van der Waals surface area contributed by atoms with Crippen LogP contribution in [-0.4, -0.2) is 11.1 Å². The maximum Gasteiger partial charge on any atom is 0.290 e. The fourth-order valence-electron chi connectivity index (χ4n) is 1.91. The number of hydrogen-bond acceptors (Lipinski definition) is 4. The van der Waals surface area contributed by atoms with E-state index in [0.29, 0.717) is 22.5 Å². The molecule has 0 radical (unpaired) electrons. The Balaban J connectivity index is 1.81. The van der Waals surface area contributed by atoms with E-state index >= 15 is 0 Å². The Morgan fingerprint density at radius 3 is 2.82 bits per heavy atom. The Morgan fingerprint density at radius 1 is 1.47 bits per heavy atom.